The molecule has 2 aromatic carbocycles. The van der Waals surface area contributed by atoms with Gasteiger partial charge in [-0.25, -0.2) is 23.4 Å². The van der Waals surface area contributed by atoms with Gasteiger partial charge in [0.2, 0.25) is 0 Å². The molecule has 0 fully saturated rings. The number of halogens is 2. The van der Waals surface area contributed by atoms with Gasteiger partial charge in [-0.05, 0) is 49.4 Å². The molecule has 2 N–H and O–H groups in total. The lowest BCUT2D eigenvalue weighted by molar-refractivity contribution is 0.601. The van der Waals surface area contributed by atoms with Crippen molar-refractivity contribution < 1.29 is 8.42 Å². The smallest absolute Gasteiger partial charge is 0.263 e. The average molecular weight is 475 g/mol. The molecule has 0 saturated heterocycles. The number of hydrogen-bond donors (Lipinski definition) is 2. The van der Waals surface area contributed by atoms with E-state index in [9.17, 15) is 8.42 Å². The van der Waals surface area contributed by atoms with Crippen molar-refractivity contribution in [2.24, 2.45) is 0 Å². The van der Waals surface area contributed by atoms with Crippen molar-refractivity contribution >= 4 is 50.4 Å². The van der Waals surface area contributed by atoms with Gasteiger partial charge >= 0.3 is 0 Å². The standard InChI is InChI=1S/C20H16Cl2N6O2S/c1-13-24-19(11-20(25-13)28-9-8-23-12-28)26-15-3-5-16(6-4-15)27-31(29,30)18-10-14(21)2-7-17(18)22/h2-12,27H,1H3,(H,24,25,26). The van der Waals surface area contributed by atoms with Crippen molar-refractivity contribution in [2.75, 3.05) is 10.0 Å². The van der Waals surface area contributed by atoms with E-state index in [0.717, 1.165) is 5.69 Å². The first kappa shape index (κ1) is 21.1. The molecule has 0 unspecified atom stereocenters. The van der Waals surface area contributed by atoms with Crippen LogP contribution in [0.4, 0.5) is 17.2 Å². The fraction of sp³-hybridized carbons (Fsp3) is 0.0500. The third kappa shape index (κ3) is 4.96. The van der Waals surface area contributed by atoms with Crippen molar-refractivity contribution in [1.82, 2.24) is 19.5 Å². The minimum atomic E-state index is -3.89. The Bertz CT molecular complexity index is 1330. The lowest BCUT2D eigenvalue weighted by atomic mass is 10.3. The first-order valence-electron chi connectivity index (χ1n) is 8.99. The highest BCUT2D eigenvalue weighted by Gasteiger charge is 2.18. The first-order chi connectivity index (χ1) is 14.8. The highest BCUT2D eigenvalue weighted by molar-refractivity contribution is 7.92. The Morgan fingerprint density at radius 3 is 2.42 bits per heavy atom. The average Bonchev–Trinajstić information content (AvgIpc) is 3.26. The molecule has 8 nitrogen and oxygen atoms in total. The van der Waals surface area contributed by atoms with Crippen LogP contribution in [0.3, 0.4) is 0 Å². The molecule has 0 spiro atoms. The number of nitrogens with one attached hydrogen (secondary N) is 2. The summed E-state index contributed by atoms with van der Waals surface area (Å²) in [7, 11) is -3.89. The molecule has 158 valence electrons. The van der Waals surface area contributed by atoms with Crippen molar-refractivity contribution in [3.05, 3.63) is 83.1 Å². The lowest BCUT2D eigenvalue weighted by Gasteiger charge is -2.12. The maximum Gasteiger partial charge on any atom is 0.263 e. The molecule has 0 saturated carbocycles. The van der Waals surface area contributed by atoms with Gasteiger partial charge in [0.15, 0.2) is 0 Å². The second-order valence-corrected chi connectivity index (χ2v) is 9.01. The highest BCUT2D eigenvalue weighted by Crippen LogP contribution is 2.27. The Morgan fingerprint density at radius 1 is 0.968 bits per heavy atom. The van der Waals surface area contributed by atoms with E-state index in [1.165, 1.54) is 18.2 Å². The van der Waals surface area contributed by atoms with E-state index < -0.39 is 10.0 Å². The van der Waals surface area contributed by atoms with E-state index in [-0.39, 0.29) is 14.9 Å². The van der Waals surface area contributed by atoms with Crippen molar-refractivity contribution in [2.45, 2.75) is 11.8 Å². The summed E-state index contributed by atoms with van der Waals surface area (Å²) in [5, 5.41) is 3.55. The number of nitrogens with zero attached hydrogens (tertiary/aromatic N) is 4. The normalized spacial score (nSPS) is 11.3. The van der Waals surface area contributed by atoms with Crippen molar-refractivity contribution in [1.29, 1.82) is 0 Å². The van der Waals surface area contributed by atoms with Gasteiger partial charge in [-0.1, -0.05) is 23.2 Å². The Kier molecular flexibility index (Phi) is 5.81. The fourth-order valence-corrected chi connectivity index (χ4v) is 4.63. The zero-order chi connectivity index (χ0) is 22.0. The summed E-state index contributed by atoms with van der Waals surface area (Å²) < 4.78 is 29.6. The van der Waals surface area contributed by atoms with E-state index in [4.69, 9.17) is 23.2 Å². The van der Waals surface area contributed by atoms with Crippen LogP contribution in [0.25, 0.3) is 5.82 Å². The number of sulfonamides is 1. The monoisotopic (exact) mass is 474 g/mol. The summed E-state index contributed by atoms with van der Waals surface area (Å²) in [6, 6.07) is 12.8. The molecule has 11 heteroatoms. The molecule has 0 radical (unpaired) electrons. The summed E-state index contributed by atoms with van der Waals surface area (Å²) in [6.45, 7) is 1.80. The molecule has 2 aromatic heterocycles. The summed E-state index contributed by atoms with van der Waals surface area (Å²) >= 11 is 11.9. The Labute approximate surface area is 189 Å². The molecular weight excluding hydrogens is 459 g/mol. The third-order valence-electron chi connectivity index (χ3n) is 4.19. The van der Waals surface area contributed by atoms with Gasteiger partial charge < -0.3 is 5.32 Å². The molecule has 4 rings (SSSR count). The van der Waals surface area contributed by atoms with Gasteiger partial charge in [0.25, 0.3) is 10.0 Å². The summed E-state index contributed by atoms with van der Waals surface area (Å²) in [5.41, 5.74) is 1.10. The molecule has 0 aliphatic heterocycles. The van der Waals surface area contributed by atoms with Crippen LogP contribution < -0.4 is 10.0 Å². The molecule has 4 aromatic rings. The molecule has 31 heavy (non-hydrogen) atoms. The summed E-state index contributed by atoms with van der Waals surface area (Å²) in [6.07, 6.45) is 5.11. The molecule has 0 atom stereocenters. The molecule has 0 aliphatic carbocycles. The van der Waals surface area contributed by atoms with Gasteiger partial charge in [0.1, 0.15) is 28.7 Å². The predicted octanol–water partition coefficient (Wildman–Crippen LogP) is 4.82. The van der Waals surface area contributed by atoms with E-state index in [1.54, 1.807) is 60.5 Å². The number of imidazole rings is 1. The Balaban J connectivity index is 1.52. The van der Waals surface area contributed by atoms with Gasteiger partial charge in [-0.3, -0.25) is 9.29 Å². The van der Waals surface area contributed by atoms with Crippen LogP contribution >= 0.6 is 23.2 Å². The van der Waals surface area contributed by atoms with Crippen LogP contribution in [0.5, 0.6) is 0 Å². The summed E-state index contributed by atoms with van der Waals surface area (Å²) in [5.74, 6) is 1.86. The summed E-state index contributed by atoms with van der Waals surface area (Å²) in [4.78, 5) is 12.7. The second kappa shape index (κ2) is 8.54. The zero-order valence-electron chi connectivity index (χ0n) is 16.1. The van der Waals surface area contributed by atoms with E-state index in [1.807, 2.05) is 0 Å². The van der Waals surface area contributed by atoms with Crippen LogP contribution in [0.15, 0.2) is 72.1 Å². The highest BCUT2D eigenvalue weighted by atomic mass is 35.5. The van der Waals surface area contributed by atoms with Gasteiger partial charge in [0.05, 0.1) is 5.02 Å². The van der Waals surface area contributed by atoms with Gasteiger partial charge in [-0.2, -0.15) is 0 Å². The number of hydrogen-bond acceptors (Lipinski definition) is 6. The third-order valence-corrected chi connectivity index (χ3v) is 6.28. The molecular formula is C20H16Cl2N6O2S. The van der Waals surface area contributed by atoms with Crippen LogP contribution in [0, 0.1) is 6.92 Å². The van der Waals surface area contributed by atoms with E-state index >= 15 is 0 Å². The Hall–Kier alpha value is -3.14. The SMILES string of the molecule is Cc1nc(Nc2ccc(NS(=O)(=O)c3cc(Cl)ccc3Cl)cc2)cc(-n2ccnc2)n1. The van der Waals surface area contributed by atoms with Crippen LogP contribution in [-0.2, 0) is 10.0 Å². The number of benzene rings is 2. The molecule has 2 heterocycles. The van der Waals surface area contributed by atoms with Gasteiger partial charge in [-0.15, -0.1) is 0 Å². The fourth-order valence-electron chi connectivity index (χ4n) is 2.81. The first-order valence-corrected chi connectivity index (χ1v) is 11.2. The van der Waals surface area contributed by atoms with Crippen LogP contribution in [0.1, 0.15) is 5.82 Å². The number of aryl methyl sites for hydroxylation is 1. The van der Waals surface area contributed by atoms with Crippen molar-refractivity contribution in [3.8, 4) is 5.82 Å². The molecule has 0 amide bonds. The minimum Gasteiger partial charge on any atom is -0.340 e. The van der Waals surface area contributed by atoms with E-state index in [2.05, 4.69) is 25.0 Å². The van der Waals surface area contributed by atoms with Gasteiger partial charge in [0, 0.05) is 34.9 Å². The Morgan fingerprint density at radius 2 is 1.71 bits per heavy atom. The van der Waals surface area contributed by atoms with E-state index in [0.29, 0.717) is 23.1 Å². The van der Waals surface area contributed by atoms with Crippen LogP contribution in [-0.4, -0.2) is 27.9 Å². The minimum absolute atomic E-state index is 0.0861. The maximum atomic E-state index is 12.6. The second-order valence-electron chi connectivity index (χ2n) is 6.51. The zero-order valence-corrected chi connectivity index (χ0v) is 18.4. The topological polar surface area (TPSA) is 102 Å². The molecule has 0 aliphatic rings. The van der Waals surface area contributed by atoms with Crippen LogP contribution in [0.2, 0.25) is 10.0 Å². The maximum absolute atomic E-state index is 12.6. The van der Waals surface area contributed by atoms with Crippen molar-refractivity contribution in [3.63, 3.8) is 0 Å². The largest absolute Gasteiger partial charge is 0.340 e. The number of aromatic nitrogens is 4. The predicted molar refractivity (Wildman–Crippen MR) is 121 cm³/mol. The number of anilines is 3. The lowest BCUT2D eigenvalue weighted by Crippen LogP contribution is -2.13. The molecule has 0 bridgehead atoms. The number of rotatable bonds is 6. The quantitative estimate of drug-likeness (QED) is 0.415.